The van der Waals surface area contributed by atoms with Gasteiger partial charge in [0, 0.05) is 0 Å². The van der Waals surface area contributed by atoms with Gasteiger partial charge in [-0.05, 0) is 30.5 Å². The van der Waals surface area contributed by atoms with Crippen molar-refractivity contribution < 1.29 is 14.6 Å². The average molecular weight is 265 g/mol. The number of nitrogens with two attached hydrogens (primary N) is 1. The molecule has 0 aliphatic rings. The Hall–Kier alpha value is -1.39. The minimum Gasteiger partial charge on any atom is -0.469 e. The second kappa shape index (κ2) is 8.67. The van der Waals surface area contributed by atoms with E-state index in [1.54, 1.807) is 0 Å². The lowest BCUT2D eigenvalue weighted by molar-refractivity contribution is -0.139. The molecule has 4 heteroatoms. The van der Waals surface area contributed by atoms with Crippen LogP contribution in [0.4, 0.5) is 0 Å². The van der Waals surface area contributed by atoms with Gasteiger partial charge in [0.25, 0.3) is 0 Å². The average Bonchev–Trinajstić information content (AvgIpc) is 2.44. The van der Waals surface area contributed by atoms with E-state index in [2.05, 4.69) is 4.74 Å². The molecule has 1 unspecified atom stereocenters. The van der Waals surface area contributed by atoms with E-state index >= 15 is 0 Å². The van der Waals surface area contributed by atoms with Crippen LogP contribution in [0.2, 0.25) is 0 Å². The molecule has 0 saturated heterocycles. The molecular formula is C15H23NO3. The lowest BCUT2D eigenvalue weighted by Crippen LogP contribution is -2.05. The van der Waals surface area contributed by atoms with Crippen LogP contribution in [-0.4, -0.2) is 24.7 Å². The first kappa shape index (κ1) is 15.7. The first-order chi connectivity index (χ1) is 9.17. The molecule has 0 bridgehead atoms. The highest BCUT2D eigenvalue weighted by Gasteiger charge is 2.08. The third kappa shape index (κ3) is 5.85. The van der Waals surface area contributed by atoms with Crippen molar-refractivity contribution in [3.63, 3.8) is 0 Å². The van der Waals surface area contributed by atoms with Crippen LogP contribution in [0, 0.1) is 0 Å². The third-order valence-corrected chi connectivity index (χ3v) is 3.12. The molecule has 0 aliphatic carbocycles. The van der Waals surface area contributed by atoms with Crippen LogP contribution in [0.5, 0.6) is 0 Å². The molecule has 0 saturated carbocycles. The van der Waals surface area contributed by atoms with Crippen molar-refractivity contribution >= 4 is 5.97 Å². The van der Waals surface area contributed by atoms with Gasteiger partial charge < -0.3 is 15.6 Å². The van der Waals surface area contributed by atoms with Crippen LogP contribution in [0.25, 0.3) is 0 Å². The Balaban J connectivity index is 2.44. The Morgan fingerprint density at radius 3 is 2.53 bits per heavy atom. The van der Waals surface area contributed by atoms with E-state index in [9.17, 15) is 9.90 Å². The largest absolute Gasteiger partial charge is 0.469 e. The fourth-order valence-corrected chi connectivity index (χ4v) is 1.92. The second-order valence-electron chi connectivity index (χ2n) is 4.65. The summed E-state index contributed by atoms with van der Waals surface area (Å²) in [6.07, 6.45) is 3.60. The van der Waals surface area contributed by atoms with Crippen LogP contribution >= 0.6 is 0 Å². The van der Waals surface area contributed by atoms with Gasteiger partial charge in [0.2, 0.25) is 0 Å². The number of ether oxygens (including phenoxy) is 1. The number of carbonyl (C=O) groups is 1. The maximum absolute atomic E-state index is 11.1. The number of carbonyl (C=O) groups excluding carboxylic acids is 1. The SMILES string of the molecule is COC(=O)Cc1ccc(C(O)CCCCCN)cc1. The number of methoxy groups -OCH3 is 1. The summed E-state index contributed by atoms with van der Waals surface area (Å²) >= 11 is 0. The highest BCUT2D eigenvalue weighted by Crippen LogP contribution is 2.20. The highest BCUT2D eigenvalue weighted by atomic mass is 16.5. The van der Waals surface area contributed by atoms with Crippen molar-refractivity contribution in [1.29, 1.82) is 0 Å². The summed E-state index contributed by atoms with van der Waals surface area (Å²) in [5.74, 6) is -0.255. The molecule has 0 radical (unpaired) electrons. The van der Waals surface area contributed by atoms with Crippen LogP contribution in [0.15, 0.2) is 24.3 Å². The number of rotatable bonds is 8. The zero-order valence-electron chi connectivity index (χ0n) is 11.5. The van der Waals surface area contributed by atoms with Crippen LogP contribution in [0.1, 0.15) is 42.9 Å². The van der Waals surface area contributed by atoms with E-state index in [4.69, 9.17) is 5.73 Å². The third-order valence-electron chi connectivity index (χ3n) is 3.12. The molecule has 19 heavy (non-hydrogen) atoms. The topological polar surface area (TPSA) is 72.5 Å². The van der Waals surface area contributed by atoms with Gasteiger partial charge in [-0.15, -0.1) is 0 Å². The first-order valence-electron chi connectivity index (χ1n) is 6.71. The molecule has 1 aromatic carbocycles. The van der Waals surface area contributed by atoms with Gasteiger partial charge in [0.1, 0.15) is 0 Å². The van der Waals surface area contributed by atoms with Crippen molar-refractivity contribution in [3.8, 4) is 0 Å². The summed E-state index contributed by atoms with van der Waals surface area (Å²) in [4.78, 5) is 11.1. The van der Waals surface area contributed by atoms with Crippen LogP contribution in [0.3, 0.4) is 0 Å². The zero-order chi connectivity index (χ0) is 14.1. The number of esters is 1. The minimum absolute atomic E-state index is 0.255. The number of benzene rings is 1. The fourth-order valence-electron chi connectivity index (χ4n) is 1.92. The Morgan fingerprint density at radius 1 is 1.26 bits per heavy atom. The molecule has 0 amide bonds. The van der Waals surface area contributed by atoms with Crippen molar-refractivity contribution in [2.24, 2.45) is 5.73 Å². The number of aliphatic hydroxyl groups is 1. The fraction of sp³-hybridized carbons (Fsp3) is 0.533. The standard InChI is InChI=1S/C15H23NO3/c1-19-15(18)11-12-6-8-13(9-7-12)14(17)5-3-2-4-10-16/h6-9,14,17H,2-5,10-11,16H2,1H3. The van der Waals surface area contributed by atoms with Crippen LogP contribution in [-0.2, 0) is 16.0 Å². The van der Waals surface area contributed by atoms with Crippen molar-refractivity contribution in [1.82, 2.24) is 0 Å². The van der Waals surface area contributed by atoms with E-state index in [0.717, 1.165) is 36.8 Å². The second-order valence-corrected chi connectivity index (χ2v) is 4.65. The molecule has 0 fully saturated rings. The summed E-state index contributed by atoms with van der Waals surface area (Å²) in [5.41, 5.74) is 7.21. The number of hydrogen-bond acceptors (Lipinski definition) is 4. The van der Waals surface area contributed by atoms with Crippen molar-refractivity contribution in [2.75, 3.05) is 13.7 Å². The summed E-state index contributed by atoms with van der Waals surface area (Å²) in [6, 6.07) is 7.45. The summed E-state index contributed by atoms with van der Waals surface area (Å²) < 4.78 is 4.61. The van der Waals surface area contributed by atoms with Gasteiger partial charge >= 0.3 is 5.97 Å². The predicted molar refractivity (Wildman–Crippen MR) is 74.6 cm³/mol. The summed E-state index contributed by atoms with van der Waals surface area (Å²) in [7, 11) is 1.38. The van der Waals surface area contributed by atoms with E-state index < -0.39 is 6.10 Å². The van der Waals surface area contributed by atoms with Crippen molar-refractivity contribution in [2.45, 2.75) is 38.2 Å². The molecule has 0 heterocycles. The monoisotopic (exact) mass is 265 g/mol. The Bertz CT molecular complexity index is 375. The molecular weight excluding hydrogens is 242 g/mol. The first-order valence-corrected chi connectivity index (χ1v) is 6.71. The smallest absolute Gasteiger partial charge is 0.309 e. The van der Waals surface area contributed by atoms with Gasteiger partial charge in [-0.3, -0.25) is 4.79 Å². The Morgan fingerprint density at radius 2 is 1.95 bits per heavy atom. The molecule has 4 nitrogen and oxygen atoms in total. The predicted octanol–water partition coefficient (Wildman–Crippen LogP) is 1.95. The normalized spacial score (nSPS) is 12.2. The van der Waals surface area contributed by atoms with Gasteiger partial charge in [-0.25, -0.2) is 0 Å². The molecule has 1 aromatic rings. The lowest BCUT2D eigenvalue weighted by atomic mass is 10.0. The number of unbranched alkanes of at least 4 members (excludes halogenated alkanes) is 2. The Labute approximate surface area is 114 Å². The molecule has 1 rings (SSSR count). The van der Waals surface area contributed by atoms with E-state index in [0.29, 0.717) is 6.54 Å². The molecule has 0 aliphatic heterocycles. The van der Waals surface area contributed by atoms with E-state index in [1.165, 1.54) is 7.11 Å². The van der Waals surface area contributed by atoms with Crippen LogP contribution < -0.4 is 5.73 Å². The van der Waals surface area contributed by atoms with Gasteiger partial charge in [-0.2, -0.15) is 0 Å². The summed E-state index contributed by atoms with van der Waals surface area (Å²) in [5, 5.41) is 10.0. The van der Waals surface area contributed by atoms with E-state index in [1.807, 2.05) is 24.3 Å². The quantitative estimate of drug-likeness (QED) is 0.556. The molecule has 1 atom stereocenters. The molecule has 0 aromatic heterocycles. The van der Waals surface area contributed by atoms with E-state index in [-0.39, 0.29) is 12.4 Å². The Kier molecular flexibility index (Phi) is 7.15. The van der Waals surface area contributed by atoms with Gasteiger partial charge in [0.05, 0.1) is 19.6 Å². The van der Waals surface area contributed by atoms with Gasteiger partial charge in [-0.1, -0.05) is 37.1 Å². The van der Waals surface area contributed by atoms with Gasteiger partial charge in [0.15, 0.2) is 0 Å². The van der Waals surface area contributed by atoms with Crippen molar-refractivity contribution in [3.05, 3.63) is 35.4 Å². The number of aliphatic hydroxyl groups excluding tert-OH is 1. The zero-order valence-corrected chi connectivity index (χ0v) is 11.5. The summed E-state index contributed by atoms with van der Waals surface area (Å²) in [6.45, 7) is 0.707. The lowest BCUT2D eigenvalue weighted by Gasteiger charge is -2.11. The molecule has 106 valence electrons. The maximum Gasteiger partial charge on any atom is 0.309 e. The minimum atomic E-state index is -0.440. The maximum atomic E-state index is 11.1. The highest BCUT2D eigenvalue weighted by molar-refractivity contribution is 5.72. The number of hydrogen-bond donors (Lipinski definition) is 2. The molecule has 3 N–H and O–H groups in total. The molecule has 0 spiro atoms.